The fourth-order valence-electron chi connectivity index (χ4n) is 10.1. The van der Waals surface area contributed by atoms with Crippen LogP contribution in [0.1, 0.15) is 99.8 Å². The van der Waals surface area contributed by atoms with Crippen LogP contribution in [0.4, 0.5) is 0 Å². The van der Waals surface area contributed by atoms with E-state index in [1.54, 1.807) is 19.4 Å². The first-order valence-corrected chi connectivity index (χ1v) is 14.0. The molecule has 3 saturated carbocycles. The Morgan fingerprint density at radius 1 is 1.00 bits per heavy atom. The molecule has 0 radical (unpaired) electrons. The maximum Gasteiger partial charge on any atom is 0.165 e. The standard InChI is InChI=1S/C30H48O5/c1-26(2)22-9-8-20-19(28(22,5)13-12-23(26)32)11-15-29(6)18(10-14-30(20,29)7)17-16-21(31)24(27(3,4)34)35-25(17)33/h8,17-19,22-25,32-34H,9-16H2,1-7H3/t17?,18-,19?,22?,23+,24-,25-,28+,29-,30+/m0/s1. The summed E-state index contributed by atoms with van der Waals surface area (Å²) in [4.78, 5) is 13.0. The highest BCUT2D eigenvalue weighted by Gasteiger charge is 2.66. The number of aliphatic hydroxyl groups excluding tert-OH is 2. The second kappa shape index (κ2) is 7.88. The van der Waals surface area contributed by atoms with E-state index in [2.05, 4.69) is 40.7 Å². The van der Waals surface area contributed by atoms with Gasteiger partial charge in [0.05, 0.1) is 11.7 Å². The van der Waals surface area contributed by atoms with Gasteiger partial charge < -0.3 is 20.1 Å². The van der Waals surface area contributed by atoms with Gasteiger partial charge in [-0.15, -0.1) is 0 Å². The van der Waals surface area contributed by atoms with Gasteiger partial charge in [-0.05, 0) is 98.2 Å². The molecule has 0 bridgehead atoms. The number of carbonyl (C=O) groups excluding carboxylic acids is 1. The Morgan fingerprint density at radius 3 is 2.34 bits per heavy atom. The van der Waals surface area contributed by atoms with Gasteiger partial charge >= 0.3 is 0 Å². The molecule has 0 aromatic heterocycles. The van der Waals surface area contributed by atoms with E-state index in [0.717, 1.165) is 44.9 Å². The largest absolute Gasteiger partial charge is 0.393 e. The van der Waals surface area contributed by atoms with Crippen molar-refractivity contribution in [3.63, 3.8) is 0 Å². The molecule has 35 heavy (non-hydrogen) atoms. The number of allylic oxidation sites excluding steroid dienone is 2. The van der Waals surface area contributed by atoms with Crippen molar-refractivity contribution in [2.45, 2.75) is 124 Å². The molecule has 1 heterocycles. The minimum absolute atomic E-state index is 0.000908. The maximum atomic E-state index is 13.0. The zero-order chi connectivity index (χ0) is 25.8. The van der Waals surface area contributed by atoms with E-state index in [-0.39, 0.29) is 51.8 Å². The first-order chi connectivity index (χ1) is 16.1. The van der Waals surface area contributed by atoms with Crippen LogP contribution in [-0.4, -0.2) is 45.2 Å². The monoisotopic (exact) mass is 488 g/mol. The number of hydrogen-bond donors (Lipinski definition) is 3. The van der Waals surface area contributed by atoms with Crippen LogP contribution in [0.5, 0.6) is 0 Å². The summed E-state index contributed by atoms with van der Waals surface area (Å²) in [5.41, 5.74) is 0.500. The highest BCUT2D eigenvalue weighted by atomic mass is 16.6. The van der Waals surface area contributed by atoms with Gasteiger partial charge in [0.1, 0.15) is 6.10 Å². The van der Waals surface area contributed by atoms with E-state index in [4.69, 9.17) is 4.74 Å². The highest BCUT2D eigenvalue weighted by molar-refractivity contribution is 5.85. The molecular weight excluding hydrogens is 440 g/mol. The number of rotatable bonds is 2. The summed E-state index contributed by atoms with van der Waals surface area (Å²) in [7, 11) is 0. The molecule has 3 unspecified atom stereocenters. The van der Waals surface area contributed by atoms with Crippen molar-refractivity contribution in [3.05, 3.63) is 11.6 Å². The fourth-order valence-corrected chi connectivity index (χ4v) is 10.1. The van der Waals surface area contributed by atoms with Crippen molar-refractivity contribution >= 4 is 5.78 Å². The second-order valence-corrected chi connectivity index (χ2v) is 14.7. The third kappa shape index (κ3) is 3.43. The van der Waals surface area contributed by atoms with E-state index >= 15 is 0 Å². The summed E-state index contributed by atoms with van der Waals surface area (Å²) in [5, 5.41) is 32.3. The molecule has 5 nitrogen and oxygen atoms in total. The summed E-state index contributed by atoms with van der Waals surface area (Å²) in [6.07, 6.45) is 7.91. The van der Waals surface area contributed by atoms with Crippen molar-refractivity contribution in [3.8, 4) is 0 Å². The Morgan fingerprint density at radius 2 is 1.69 bits per heavy atom. The van der Waals surface area contributed by atoms with Crippen LogP contribution < -0.4 is 0 Å². The molecule has 5 rings (SSSR count). The van der Waals surface area contributed by atoms with E-state index in [9.17, 15) is 20.1 Å². The Balaban J connectivity index is 1.45. The number of fused-ring (bicyclic) bond motifs is 5. The first-order valence-electron chi connectivity index (χ1n) is 14.0. The zero-order valence-corrected chi connectivity index (χ0v) is 22.9. The second-order valence-electron chi connectivity index (χ2n) is 14.7. The van der Waals surface area contributed by atoms with Crippen LogP contribution >= 0.6 is 0 Å². The van der Waals surface area contributed by atoms with Gasteiger partial charge in [0.15, 0.2) is 12.1 Å². The number of Topliss-reactive ketones (excluding diaryl/α,β-unsaturated/α-hetero) is 1. The Bertz CT molecular complexity index is 916. The number of ether oxygens (including phenoxy) is 1. The Labute approximate surface area is 211 Å². The molecule has 0 amide bonds. The molecule has 4 fully saturated rings. The van der Waals surface area contributed by atoms with Crippen LogP contribution in [0, 0.1) is 45.3 Å². The molecule has 5 aliphatic rings. The summed E-state index contributed by atoms with van der Waals surface area (Å²) >= 11 is 0. The number of aliphatic hydroxyl groups is 3. The molecule has 10 atom stereocenters. The normalized spacial score (nSPS) is 51.8. The molecule has 1 aliphatic heterocycles. The molecule has 0 aromatic rings. The lowest BCUT2D eigenvalue weighted by Gasteiger charge is -2.64. The van der Waals surface area contributed by atoms with Gasteiger partial charge in [-0.25, -0.2) is 0 Å². The lowest BCUT2D eigenvalue weighted by Crippen LogP contribution is -2.59. The molecule has 4 aliphatic carbocycles. The predicted octanol–water partition coefficient (Wildman–Crippen LogP) is 5.02. The van der Waals surface area contributed by atoms with Gasteiger partial charge in [0.25, 0.3) is 0 Å². The van der Waals surface area contributed by atoms with Crippen molar-refractivity contribution in [1.29, 1.82) is 0 Å². The van der Waals surface area contributed by atoms with Gasteiger partial charge in [-0.2, -0.15) is 0 Å². The number of hydrogen-bond acceptors (Lipinski definition) is 5. The minimum atomic E-state index is -1.30. The SMILES string of the molecule is CC(C)(O)[C@H]1O[C@H](O)C([C@@H]2CC[C@]3(C)C4=CCC5C(C)(C)[C@H](O)CC[C@]5(C)C4CC[C@@]23C)CC1=O. The van der Waals surface area contributed by atoms with Crippen LogP contribution in [0.3, 0.4) is 0 Å². The van der Waals surface area contributed by atoms with Crippen molar-refractivity contribution in [2.75, 3.05) is 0 Å². The van der Waals surface area contributed by atoms with Gasteiger partial charge in [-0.3, -0.25) is 4.79 Å². The molecular formula is C30H48O5. The molecule has 0 aromatic carbocycles. The molecule has 5 heteroatoms. The minimum Gasteiger partial charge on any atom is -0.393 e. The van der Waals surface area contributed by atoms with Crippen molar-refractivity contribution in [1.82, 2.24) is 0 Å². The molecule has 1 saturated heterocycles. The summed E-state index contributed by atoms with van der Waals surface area (Å²) in [6, 6.07) is 0. The average Bonchev–Trinajstić information content (AvgIpc) is 3.03. The molecule has 198 valence electrons. The number of ketones is 1. The topological polar surface area (TPSA) is 87.0 Å². The Hall–Kier alpha value is -0.750. The smallest absolute Gasteiger partial charge is 0.165 e. The average molecular weight is 489 g/mol. The van der Waals surface area contributed by atoms with Crippen molar-refractivity contribution in [2.24, 2.45) is 45.3 Å². The van der Waals surface area contributed by atoms with Crippen LogP contribution in [0.2, 0.25) is 0 Å². The predicted molar refractivity (Wildman–Crippen MR) is 135 cm³/mol. The number of carbonyl (C=O) groups is 1. The lowest BCUT2D eigenvalue weighted by atomic mass is 9.41. The van der Waals surface area contributed by atoms with E-state index in [1.807, 2.05) is 0 Å². The fraction of sp³-hybridized carbons (Fsp3) is 0.900. The van der Waals surface area contributed by atoms with E-state index in [0.29, 0.717) is 11.8 Å². The van der Waals surface area contributed by atoms with Crippen LogP contribution in [0.15, 0.2) is 11.6 Å². The van der Waals surface area contributed by atoms with Gasteiger partial charge in [-0.1, -0.05) is 46.3 Å². The third-order valence-electron chi connectivity index (χ3n) is 12.4. The van der Waals surface area contributed by atoms with E-state index < -0.39 is 18.0 Å². The van der Waals surface area contributed by atoms with E-state index in [1.165, 1.54) is 0 Å². The molecule has 0 spiro atoms. The van der Waals surface area contributed by atoms with Crippen LogP contribution in [-0.2, 0) is 9.53 Å². The summed E-state index contributed by atoms with van der Waals surface area (Å²) in [6.45, 7) is 15.0. The van der Waals surface area contributed by atoms with Gasteiger partial charge in [0, 0.05) is 12.3 Å². The zero-order valence-electron chi connectivity index (χ0n) is 22.9. The molecule has 3 N–H and O–H groups in total. The summed E-state index contributed by atoms with van der Waals surface area (Å²) in [5.74, 6) is 0.932. The van der Waals surface area contributed by atoms with Crippen molar-refractivity contribution < 1.29 is 24.9 Å². The highest BCUT2D eigenvalue weighted by Crippen LogP contribution is 2.73. The Kier molecular flexibility index (Phi) is 5.83. The first kappa shape index (κ1) is 25.9. The maximum absolute atomic E-state index is 13.0. The lowest BCUT2D eigenvalue weighted by molar-refractivity contribution is -0.238. The van der Waals surface area contributed by atoms with Crippen LogP contribution in [0.25, 0.3) is 0 Å². The summed E-state index contributed by atoms with van der Waals surface area (Å²) < 4.78 is 5.79. The van der Waals surface area contributed by atoms with Gasteiger partial charge in [0.2, 0.25) is 0 Å². The third-order valence-corrected chi connectivity index (χ3v) is 12.4. The quantitative estimate of drug-likeness (QED) is 0.475.